The molecule has 0 saturated carbocycles. The van der Waals surface area contributed by atoms with Gasteiger partial charge in [-0.3, -0.25) is 0 Å². The summed E-state index contributed by atoms with van der Waals surface area (Å²) in [6, 6.07) is 0. The first-order chi connectivity index (χ1) is 13.9. The highest BCUT2D eigenvalue weighted by Crippen LogP contribution is 2.22. The van der Waals surface area contributed by atoms with Gasteiger partial charge in [0.2, 0.25) is 0 Å². The van der Waals surface area contributed by atoms with Crippen LogP contribution >= 0.6 is 0 Å². The summed E-state index contributed by atoms with van der Waals surface area (Å²) < 4.78 is 17.3. The zero-order valence-electron chi connectivity index (χ0n) is 18.4. The Kier molecular flexibility index (Phi) is 17.8. The zero-order chi connectivity index (χ0) is 20.1. The molecule has 0 radical (unpaired) electrons. The lowest BCUT2D eigenvalue weighted by molar-refractivity contribution is -0.0890. The van der Waals surface area contributed by atoms with Crippen molar-refractivity contribution in [3.63, 3.8) is 0 Å². The van der Waals surface area contributed by atoms with Crippen molar-refractivity contribution >= 4 is 0 Å². The van der Waals surface area contributed by atoms with Crippen molar-refractivity contribution in [2.75, 3.05) is 26.4 Å². The van der Waals surface area contributed by atoms with Crippen LogP contribution in [0.2, 0.25) is 0 Å². The predicted octanol–water partition coefficient (Wildman–Crippen LogP) is 7.01. The average molecular weight is 395 g/mol. The molecular weight excluding hydrogens is 348 g/mol. The Morgan fingerprint density at radius 2 is 1.39 bits per heavy atom. The molecule has 1 rings (SSSR count). The van der Waals surface area contributed by atoms with E-state index in [1.54, 1.807) is 0 Å². The summed E-state index contributed by atoms with van der Waals surface area (Å²) in [6.45, 7) is 10.6. The molecule has 28 heavy (non-hydrogen) atoms. The van der Waals surface area contributed by atoms with Crippen LogP contribution in [-0.4, -0.2) is 38.6 Å². The molecule has 2 unspecified atom stereocenters. The summed E-state index contributed by atoms with van der Waals surface area (Å²) in [5.74, 6) is 0. The van der Waals surface area contributed by atoms with Crippen LogP contribution in [0.25, 0.3) is 0 Å². The van der Waals surface area contributed by atoms with Gasteiger partial charge in [0.25, 0.3) is 0 Å². The van der Waals surface area contributed by atoms with E-state index in [4.69, 9.17) is 14.2 Å². The molecule has 1 aliphatic rings. The van der Waals surface area contributed by atoms with E-state index in [2.05, 4.69) is 13.2 Å². The van der Waals surface area contributed by atoms with Gasteiger partial charge in [0, 0.05) is 13.2 Å². The number of rotatable bonds is 20. The van der Waals surface area contributed by atoms with Crippen LogP contribution in [-0.2, 0) is 14.2 Å². The third kappa shape index (κ3) is 14.4. The third-order valence-electron chi connectivity index (χ3n) is 5.57. The first-order valence-electron chi connectivity index (χ1n) is 11.9. The minimum absolute atomic E-state index is 0.264. The van der Waals surface area contributed by atoms with Gasteiger partial charge in [-0.25, -0.2) is 0 Å². The molecule has 0 aromatic rings. The topological polar surface area (TPSA) is 27.7 Å². The lowest BCUT2D eigenvalue weighted by Crippen LogP contribution is -2.34. The molecule has 0 aliphatic carbocycles. The van der Waals surface area contributed by atoms with Crippen molar-refractivity contribution in [2.24, 2.45) is 0 Å². The molecule has 1 aliphatic heterocycles. The van der Waals surface area contributed by atoms with E-state index in [-0.39, 0.29) is 6.10 Å². The van der Waals surface area contributed by atoms with E-state index in [1.165, 1.54) is 83.5 Å². The Hall–Kier alpha value is -0.640. The zero-order valence-corrected chi connectivity index (χ0v) is 18.4. The van der Waals surface area contributed by atoms with Gasteiger partial charge in [-0.2, -0.15) is 0 Å². The Bertz CT molecular complexity index is 350. The van der Waals surface area contributed by atoms with E-state index in [0.717, 1.165) is 26.1 Å². The van der Waals surface area contributed by atoms with Crippen LogP contribution in [0.5, 0.6) is 0 Å². The highest BCUT2D eigenvalue weighted by molar-refractivity contribution is 4.76. The third-order valence-corrected chi connectivity index (χ3v) is 5.57. The van der Waals surface area contributed by atoms with E-state index in [1.807, 2.05) is 12.2 Å². The average Bonchev–Trinajstić information content (AvgIpc) is 2.73. The fourth-order valence-corrected chi connectivity index (χ4v) is 3.93. The second-order valence-electron chi connectivity index (χ2n) is 8.11. The maximum Gasteiger partial charge on any atom is 0.0840 e. The molecule has 164 valence electrons. The number of ether oxygens (including phenoxy) is 3. The maximum atomic E-state index is 5.99. The minimum Gasteiger partial charge on any atom is -0.377 e. The van der Waals surface area contributed by atoms with Gasteiger partial charge in [-0.05, 0) is 32.1 Å². The molecular formula is C25H46O3. The summed E-state index contributed by atoms with van der Waals surface area (Å²) in [7, 11) is 0. The fraction of sp³-hybridized carbons (Fsp3) is 0.840. The van der Waals surface area contributed by atoms with Gasteiger partial charge in [0.05, 0.1) is 25.4 Å². The molecule has 1 fully saturated rings. The fourth-order valence-electron chi connectivity index (χ4n) is 3.93. The van der Waals surface area contributed by atoms with Crippen LogP contribution < -0.4 is 0 Å². The molecule has 0 amide bonds. The molecule has 0 spiro atoms. The van der Waals surface area contributed by atoms with Gasteiger partial charge in [0.1, 0.15) is 0 Å². The number of hydrogen-bond donors (Lipinski definition) is 0. The van der Waals surface area contributed by atoms with E-state index in [0.29, 0.717) is 19.3 Å². The summed E-state index contributed by atoms with van der Waals surface area (Å²) in [6.07, 6.45) is 23.8. The first kappa shape index (κ1) is 25.4. The van der Waals surface area contributed by atoms with Gasteiger partial charge in [0.15, 0.2) is 0 Å². The van der Waals surface area contributed by atoms with Gasteiger partial charge in [-0.1, -0.05) is 76.4 Å². The summed E-state index contributed by atoms with van der Waals surface area (Å²) in [5.41, 5.74) is 0. The van der Waals surface area contributed by atoms with Crippen LogP contribution in [0.3, 0.4) is 0 Å². The largest absolute Gasteiger partial charge is 0.377 e. The predicted molar refractivity (Wildman–Crippen MR) is 120 cm³/mol. The normalized spacial score (nSPS) is 18.1. The van der Waals surface area contributed by atoms with Crippen LogP contribution in [0.15, 0.2) is 25.3 Å². The van der Waals surface area contributed by atoms with E-state index >= 15 is 0 Å². The van der Waals surface area contributed by atoms with Crippen molar-refractivity contribution in [1.82, 2.24) is 0 Å². The van der Waals surface area contributed by atoms with Gasteiger partial charge in [-0.15, -0.1) is 13.2 Å². The molecule has 2 atom stereocenters. The second-order valence-corrected chi connectivity index (χ2v) is 8.11. The van der Waals surface area contributed by atoms with Crippen molar-refractivity contribution in [3.8, 4) is 0 Å². The van der Waals surface area contributed by atoms with Crippen molar-refractivity contribution in [1.29, 1.82) is 0 Å². The molecule has 1 heterocycles. The van der Waals surface area contributed by atoms with E-state index < -0.39 is 0 Å². The van der Waals surface area contributed by atoms with Crippen LogP contribution in [0, 0.1) is 0 Å². The quantitative estimate of drug-likeness (QED) is 0.164. The Morgan fingerprint density at radius 3 is 1.96 bits per heavy atom. The summed E-state index contributed by atoms with van der Waals surface area (Å²) in [5, 5.41) is 0. The molecule has 0 bridgehead atoms. The molecule has 3 heteroatoms. The Morgan fingerprint density at radius 1 is 0.786 bits per heavy atom. The first-order valence-corrected chi connectivity index (χ1v) is 11.9. The molecule has 0 N–H and O–H groups in total. The lowest BCUT2D eigenvalue weighted by Gasteiger charge is -2.30. The Balaban J connectivity index is 1.88. The van der Waals surface area contributed by atoms with Gasteiger partial charge < -0.3 is 14.2 Å². The van der Waals surface area contributed by atoms with Gasteiger partial charge >= 0.3 is 0 Å². The molecule has 1 saturated heterocycles. The van der Waals surface area contributed by atoms with Crippen LogP contribution in [0.4, 0.5) is 0 Å². The molecule has 0 aromatic heterocycles. The smallest absolute Gasteiger partial charge is 0.0840 e. The second kappa shape index (κ2) is 19.7. The maximum absolute atomic E-state index is 5.99. The number of unbranched alkanes of at least 4 members (excludes halogenated alkanes) is 10. The highest BCUT2D eigenvalue weighted by atomic mass is 16.5. The standard InChI is InChI=1S/C25H46O3/c1-3-20-26-22-16-13-11-9-7-5-6-8-10-12-14-18-24(27-21-4-2)25-19-15-17-23-28-25/h3-4,24-25H,1-2,5-23H2. The number of hydrogen-bond acceptors (Lipinski definition) is 3. The SMILES string of the molecule is C=CCOCCCCCCCCCCCCCC(OCC=C)C1CCCCO1. The summed E-state index contributed by atoms with van der Waals surface area (Å²) >= 11 is 0. The van der Waals surface area contributed by atoms with Crippen molar-refractivity contribution in [3.05, 3.63) is 25.3 Å². The van der Waals surface area contributed by atoms with Crippen LogP contribution in [0.1, 0.15) is 96.3 Å². The van der Waals surface area contributed by atoms with E-state index in [9.17, 15) is 0 Å². The minimum atomic E-state index is 0.264. The monoisotopic (exact) mass is 394 g/mol. The lowest BCUT2D eigenvalue weighted by atomic mass is 9.98. The highest BCUT2D eigenvalue weighted by Gasteiger charge is 2.24. The van der Waals surface area contributed by atoms with Crippen molar-refractivity contribution in [2.45, 2.75) is 109 Å². The Labute approximate surface area is 174 Å². The van der Waals surface area contributed by atoms with Crippen molar-refractivity contribution < 1.29 is 14.2 Å². The molecule has 3 nitrogen and oxygen atoms in total. The summed E-state index contributed by atoms with van der Waals surface area (Å²) in [4.78, 5) is 0. The molecule has 0 aromatic carbocycles.